The van der Waals surface area contributed by atoms with Crippen LogP contribution in [0.2, 0.25) is 0 Å². The van der Waals surface area contributed by atoms with Crippen molar-refractivity contribution in [2.75, 3.05) is 11.9 Å². The molecular formula is C17H22BrN3. The van der Waals surface area contributed by atoms with Crippen molar-refractivity contribution >= 4 is 21.7 Å². The Morgan fingerprint density at radius 3 is 2.43 bits per heavy atom. The lowest BCUT2D eigenvalue weighted by molar-refractivity contribution is 0.568. The molecule has 1 heterocycles. The number of aromatic nitrogens is 2. The van der Waals surface area contributed by atoms with Crippen molar-refractivity contribution in [2.24, 2.45) is 0 Å². The maximum atomic E-state index is 4.76. The Bertz CT molecular complexity index is 645. The number of benzene rings is 1. The quantitative estimate of drug-likeness (QED) is 0.853. The number of hydrogen-bond acceptors (Lipinski definition) is 3. The summed E-state index contributed by atoms with van der Waals surface area (Å²) in [4.78, 5) is 9.40. The van der Waals surface area contributed by atoms with Crippen molar-refractivity contribution in [3.05, 3.63) is 40.0 Å². The van der Waals surface area contributed by atoms with Crippen LogP contribution in [-0.4, -0.2) is 16.5 Å². The molecule has 0 unspecified atom stereocenters. The Kier molecular flexibility index (Phi) is 4.67. The minimum Gasteiger partial charge on any atom is -0.370 e. The van der Waals surface area contributed by atoms with Gasteiger partial charge in [-0.25, -0.2) is 9.97 Å². The van der Waals surface area contributed by atoms with E-state index in [1.54, 1.807) is 0 Å². The minimum absolute atomic E-state index is 0.00767. The lowest BCUT2D eigenvalue weighted by Gasteiger charge is -2.19. The molecule has 1 N–H and O–H groups in total. The maximum Gasteiger partial charge on any atom is 0.161 e. The molecular weight excluding hydrogens is 326 g/mol. The molecule has 0 saturated carbocycles. The first-order valence-electron chi connectivity index (χ1n) is 7.21. The van der Waals surface area contributed by atoms with E-state index < -0.39 is 0 Å². The molecule has 2 rings (SSSR count). The van der Waals surface area contributed by atoms with Crippen molar-refractivity contribution in [1.29, 1.82) is 0 Å². The van der Waals surface area contributed by atoms with E-state index in [0.29, 0.717) is 0 Å². The summed E-state index contributed by atoms with van der Waals surface area (Å²) in [6.07, 6.45) is 0. The first-order valence-corrected chi connectivity index (χ1v) is 8.00. The molecule has 0 bridgehead atoms. The van der Waals surface area contributed by atoms with Gasteiger partial charge >= 0.3 is 0 Å². The van der Waals surface area contributed by atoms with E-state index in [-0.39, 0.29) is 5.41 Å². The van der Waals surface area contributed by atoms with E-state index in [0.717, 1.165) is 33.9 Å². The van der Waals surface area contributed by atoms with Gasteiger partial charge in [0.1, 0.15) is 5.82 Å². The molecule has 21 heavy (non-hydrogen) atoms. The maximum absolute atomic E-state index is 4.76. The number of halogens is 1. The van der Waals surface area contributed by atoms with E-state index in [2.05, 4.69) is 73.0 Å². The Balaban J connectivity index is 2.56. The van der Waals surface area contributed by atoms with Gasteiger partial charge in [0.2, 0.25) is 0 Å². The Hall–Kier alpha value is -1.42. The van der Waals surface area contributed by atoms with Crippen LogP contribution < -0.4 is 5.32 Å². The second-order valence-corrected chi connectivity index (χ2v) is 7.06. The first kappa shape index (κ1) is 16.0. The van der Waals surface area contributed by atoms with Gasteiger partial charge in [0.05, 0.1) is 5.69 Å². The molecule has 4 heteroatoms. The standard InChI is InChI=1S/C17H22BrN3/c1-6-19-15-10-14(17(3,4)5)20-16(21-15)12-7-8-13(18)11(2)9-12/h7-10H,6H2,1-5H3,(H,19,20,21). The van der Waals surface area contributed by atoms with Crippen molar-refractivity contribution in [3.8, 4) is 11.4 Å². The number of anilines is 1. The van der Waals surface area contributed by atoms with Gasteiger partial charge in [0, 0.05) is 28.1 Å². The first-order chi connectivity index (χ1) is 9.81. The van der Waals surface area contributed by atoms with Crippen molar-refractivity contribution < 1.29 is 0 Å². The van der Waals surface area contributed by atoms with Crippen LogP contribution in [0.1, 0.15) is 39.0 Å². The average Bonchev–Trinajstić information content (AvgIpc) is 2.41. The highest BCUT2D eigenvalue weighted by Crippen LogP contribution is 2.27. The lowest BCUT2D eigenvalue weighted by atomic mass is 9.91. The van der Waals surface area contributed by atoms with E-state index in [1.165, 1.54) is 5.56 Å². The minimum atomic E-state index is -0.00767. The number of hydrogen-bond donors (Lipinski definition) is 1. The monoisotopic (exact) mass is 347 g/mol. The van der Waals surface area contributed by atoms with E-state index in [1.807, 2.05) is 12.1 Å². The van der Waals surface area contributed by atoms with Crippen molar-refractivity contribution in [1.82, 2.24) is 9.97 Å². The summed E-state index contributed by atoms with van der Waals surface area (Å²) in [6, 6.07) is 8.25. The van der Waals surface area contributed by atoms with Gasteiger partial charge in [-0.15, -0.1) is 0 Å². The summed E-state index contributed by atoms with van der Waals surface area (Å²) < 4.78 is 1.10. The third-order valence-electron chi connectivity index (χ3n) is 3.27. The Labute approximate surface area is 135 Å². The second-order valence-electron chi connectivity index (χ2n) is 6.21. The van der Waals surface area contributed by atoms with Crippen molar-refractivity contribution in [2.45, 2.75) is 40.0 Å². The second kappa shape index (κ2) is 6.14. The average molecular weight is 348 g/mol. The van der Waals surface area contributed by atoms with Crippen LogP contribution in [0.5, 0.6) is 0 Å². The molecule has 0 spiro atoms. The molecule has 1 aromatic heterocycles. The zero-order chi connectivity index (χ0) is 15.6. The van der Waals surface area contributed by atoms with Crippen LogP contribution in [0, 0.1) is 6.92 Å². The Morgan fingerprint density at radius 1 is 1.14 bits per heavy atom. The molecule has 0 atom stereocenters. The highest BCUT2D eigenvalue weighted by Gasteiger charge is 2.18. The largest absolute Gasteiger partial charge is 0.370 e. The normalized spacial score (nSPS) is 11.5. The topological polar surface area (TPSA) is 37.8 Å². The van der Waals surface area contributed by atoms with Crippen LogP contribution in [0.3, 0.4) is 0 Å². The fourth-order valence-corrected chi connectivity index (χ4v) is 2.26. The third-order valence-corrected chi connectivity index (χ3v) is 4.16. The van der Waals surface area contributed by atoms with Crippen LogP contribution in [0.4, 0.5) is 5.82 Å². The predicted molar refractivity (Wildman–Crippen MR) is 92.8 cm³/mol. The highest BCUT2D eigenvalue weighted by molar-refractivity contribution is 9.10. The zero-order valence-corrected chi connectivity index (χ0v) is 14.9. The van der Waals surface area contributed by atoms with Gasteiger partial charge in [-0.1, -0.05) is 42.8 Å². The van der Waals surface area contributed by atoms with Crippen molar-refractivity contribution in [3.63, 3.8) is 0 Å². The van der Waals surface area contributed by atoms with Gasteiger partial charge in [-0.05, 0) is 31.5 Å². The summed E-state index contributed by atoms with van der Waals surface area (Å²) in [6.45, 7) is 11.5. The predicted octanol–water partition coefficient (Wildman–Crippen LogP) is 4.94. The zero-order valence-electron chi connectivity index (χ0n) is 13.3. The fourth-order valence-electron chi connectivity index (χ4n) is 2.02. The highest BCUT2D eigenvalue weighted by atomic mass is 79.9. The third kappa shape index (κ3) is 3.82. The summed E-state index contributed by atoms with van der Waals surface area (Å²) in [5.41, 5.74) is 3.26. The molecule has 3 nitrogen and oxygen atoms in total. The molecule has 0 aliphatic heterocycles. The van der Waals surface area contributed by atoms with Gasteiger partial charge in [0.15, 0.2) is 5.82 Å². The molecule has 0 aliphatic rings. The van der Waals surface area contributed by atoms with Gasteiger partial charge in [-0.2, -0.15) is 0 Å². The van der Waals surface area contributed by atoms with E-state index in [4.69, 9.17) is 4.98 Å². The van der Waals surface area contributed by atoms with Crippen LogP contribution in [-0.2, 0) is 5.41 Å². The van der Waals surface area contributed by atoms with Gasteiger partial charge in [0.25, 0.3) is 0 Å². The summed E-state index contributed by atoms with van der Waals surface area (Å²) >= 11 is 3.53. The molecule has 0 radical (unpaired) electrons. The Morgan fingerprint density at radius 2 is 1.86 bits per heavy atom. The SMILES string of the molecule is CCNc1cc(C(C)(C)C)nc(-c2ccc(Br)c(C)c2)n1. The van der Waals surface area contributed by atoms with Crippen LogP contribution >= 0.6 is 15.9 Å². The smallest absolute Gasteiger partial charge is 0.161 e. The van der Waals surface area contributed by atoms with Crippen LogP contribution in [0.25, 0.3) is 11.4 Å². The van der Waals surface area contributed by atoms with Crippen LogP contribution in [0.15, 0.2) is 28.7 Å². The number of nitrogens with zero attached hydrogens (tertiary/aromatic N) is 2. The molecule has 2 aromatic rings. The summed E-state index contributed by atoms with van der Waals surface area (Å²) in [5, 5.41) is 3.30. The molecule has 0 amide bonds. The molecule has 0 aliphatic carbocycles. The van der Waals surface area contributed by atoms with Gasteiger partial charge in [-0.3, -0.25) is 0 Å². The summed E-state index contributed by atoms with van der Waals surface area (Å²) in [5.74, 6) is 1.65. The van der Waals surface area contributed by atoms with E-state index >= 15 is 0 Å². The fraction of sp³-hybridized carbons (Fsp3) is 0.412. The van der Waals surface area contributed by atoms with Gasteiger partial charge < -0.3 is 5.32 Å². The number of aryl methyl sites for hydroxylation is 1. The molecule has 1 aromatic carbocycles. The van der Waals surface area contributed by atoms with E-state index in [9.17, 15) is 0 Å². The number of nitrogens with one attached hydrogen (secondary N) is 1. The molecule has 0 saturated heterocycles. The lowest BCUT2D eigenvalue weighted by Crippen LogP contribution is -2.16. The summed E-state index contributed by atoms with van der Waals surface area (Å²) in [7, 11) is 0. The molecule has 112 valence electrons. The number of rotatable bonds is 3. The molecule has 0 fully saturated rings.